The van der Waals surface area contributed by atoms with Gasteiger partial charge in [-0.2, -0.15) is 0 Å². The summed E-state index contributed by atoms with van der Waals surface area (Å²) in [7, 11) is 1.61. The third kappa shape index (κ3) is 4.61. The van der Waals surface area contributed by atoms with Crippen molar-refractivity contribution in [3.05, 3.63) is 65.7 Å². The number of methoxy groups -OCH3 is 1. The maximum atomic E-state index is 11.1. The molecular formula is C17H19NO3. The number of benzene rings is 2. The maximum absolute atomic E-state index is 11.1. The largest absolute Gasteiger partial charge is 0.497 e. The molecule has 2 aromatic rings. The second kappa shape index (κ2) is 7.45. The number of ether oxygens (including phenoxy) is 1. The predicted molar refractivity (Wildman–Crippen MR) is 81.3 cm³/mol. The Hall–Kier alpha value is -2.33. The van der Waals surface area contributed by atoms with E-state index in [1.165, 1.54) is 0 Å². The van der Waals surface area contributed by atoms with E-state index in [9.17, 15) is 4.79 Å². The van der Waals surface area contributed by atoms with Gasteiger partial charge in [-0.25, -0.2) is 0 Å². The average molecular weight is 285 g/mol. The summed E-state index contributed by atoms with van der Waals surface area (Å²) in [5.74, 6) is -0.0627. The molecule has 4 nitrogen and oxygen atoms in total. The van der Waals surface area contributed by atoms with Gasteiger partial charge in [-0.15, -0.1) is 0 Å². The third-order valence-electron chi connectivity index (χ3n) is 3.29. The molecule has 0 saturated heterocycles. The van der Waals surface area contributed by atoms with Crippen LogP contribution in [0.3, 0.4) is 0 Å². The lowest BCUT2D eigenvalue weighted by Gasteiger charge is -2.18. The molecule has 21 heavy (non-hydrogen) atoms. The van der Waals surface area contributed by atoms with Crippen LogP contribution in [0.2, 0.25) is 0 Å². The number of carboxylic acid groups (broad SMARTS) is 1. The standard InChI is InChI=1S/C17H19NO3/c1-21-15-9-7-14(8-10-15)16(11-17(19)20)18-12-13-5-3-2-4-6-13/h2-10,16,18H,11-12H2,1H3,(H,19,20)/t16-/m1/s1. The number of aliphatic carboxylic acids is 1. The van der Waals surface area contributed by atoms with Gasteiger partial charge in [0.2, 0.25) is 0 Å². The minimum absolute atomic E-state index is 0.0408. The first-order valence-corrected chi connectivity index (χ1v) is 6.82. The zero-order valence-corrected chi connectivity index (χ0v) is 12.0. The quantitative estimate of drug-likeness (QED) is 0.821. The summed E-state index contributed by atoms with van der Waals surface area (Å²) in [6, 6.07) is 17.2. The normalized spacial score (nSPS) is 11.9. The number of rotatable bonds is 7. The molecule has 0 aliphatic heterocycles. The molecule has 2 N–H and O–H groups in total. The van der Waals surface area contributed by atoms with Crippen LogP contribution >= 0.6 is 0 Å². The smallest absolute Gasteiger partial charge is 0.305 e. The van der Waals surface area contributed by atoms with E-state index in [0.29, 0.717) is 6.54 Å². The highest BCUT2D eigenvalue weighted by atomic mass is 16.5. The maximum Gasteiger partial charge on any atom is 0.305 e. The van der Waals surface area contributed by atoms with E-state index in [4.69, 9.17) is 9.84 Å². The summed E-state index contributed by atoms with van der Waals surface area (Å²) in [6.45, 7) is 0.630. The highest BCUT2D eigenvalue weighted by molar-refractivity contribution is 5.68. The first kappa shape index (κ1) is 15.1. The van der Waals surface area contributed by atoms with Crippen LogP contribution in [0.15, 0.2) is 54.6 Å². The molecule has 0 spiro atoms. The van der Waals surface area contributed by atoms with Crippen molar-refractivity contribution >= 4 is 5.97 Å². The van der Waals surface area contributed by atoms with Gasteiger partial charge in [0, 0.05) is 12.6 Å². The monoisotopic (exact) mass is 285 g/mol. The minimum atomic E-state index is -0.823. The average Bonchev–Trinajstić information content (AvgIpc) is 2.52. The third-order valence-corrected chi connectivity index (χ3v) is 3.29. The van der Waals surface area contributed by atoms with Gasteiger partial charge in [0.05, 0.1) is 13.5 Å². The SMILES string of the molecule is COc1ccc([C@@H](CC(=O)O)NCc2ccccc2)cc1. The fourth-order valence-corrected chi connectivity index (χ4v) is 2.16. The number of carboxylic acids is 1. The van der Waals surface area contributed by atoms with E-state index in [1.807, 2.05) is 54.6 Å². The summed E-state index contributed by atoms with van der Waals surface area (Å²) in [5, 5.41) is 12.4. The highest BCUT2D eigenvalue weighted by Crippen LogP contribution is 2.21. The van der Waals surface area contributed by atoms with Gasteiger partial charge in [-0.3, -0.25) is 4.79 Å². The van der Waals surface area contributed by atoms with Crippen molar-refractivity contribution in [3.63, 3.8) is 0 Å². The van der Waals surface area contributed by atoms with Gasteiger partial charge in [-0.1, -0.05) is 42.5 Å². The molecule has 0 bridgehead atoms. The van der Waals surface area contributed by atoms with Gasteiger partial charge in [0.15, 0.2) is 0 Å². The Morgan fingerprint density at radius 1 is 1.14 bits per heavy atom. The summed E-state index contributed by atoms with van der Waals surface area (Å²) < 4.78 is 5.12. The van der Waals surface area contributed by atoms with Crippen LogP contribution in [0, 0.1) is 0 Å². The van der Waals surface area contributed by atoms with Crippen LogP contribution < -0.4 is 10.1 Å². The topological polar surface area (TPSA) is 58.6 Å². The van der Waals surface area contributed by atoms with Crippen LogP contribution in [0.4, 0.5) is 0 Å². The van der Waals surface area contributed by atoms with E-state index in [0.717, 1.165) is 16.9 Å². The van der Waals surface area contributed by atoms with Crippen LogP contribution in [-0.2, 0) is 11.3 Å². The van der Waals surface area contributed by atoms with Crippen molar-refractivity contribution in [3.8, 4) is 5.75 Å². The van der Waals surface area contributed by atoms with E-state index in [-0.39, 0.29) is 12.5 Å². The zero-order chi connectivity index (χ0) is 15.1. The first-order valence-electron chi connectivity index (χ1n) is 6.82. The Kier molecular flexibility index (Phi) is 5.35. The zero-order valence-electron chi connectivity index (χ0n) is 12.0. The predicted octanol–water partition coefficient (Wildman–Crippen LogP) is 3.00. The molecular weight excluding hydrogens is 266 g/mol. The number of hydrogen-bond donors (Lipinski definition) is 2. The molecule has 0 aromatic heterocycles. The summed E-state index contributed by atoms with van der Waals surface area (Å²) in [6.07, 6.45) is 0.0408. The summed E-state index contributed by atoms with van der Waals surface area (Å²) in [5.41, 5.74) is 2.07. The van der Waals surface area contributed by atoms with Crippen molar-refractivity contribution < 1.29 is 14.6 Å². The molecule has 0 aliphatic rings. The van der Waals surface area contributed by atoms with Crippen molar-refractivity contribution in [1.82, 2.24) is 5.32 Å². The van der Waals surface area contributed by atoms with Crippen molar-refractivity contribution in [2.75, 3.05) is 7.11 Å². The highest BCUT2D eigenvalue weighted by Gasteiger charge is 2.15. The van der Waals surface area contributed by atoms with E-state index < -0.39 is 5.97 Å². The first-order chi connectivity index (χ1) is 10.2. The van der Waals surface area contributed by atoms with E-state index in [2.05, 4.69) is 5.32 Å². The number of carbonyl (C=O) groups is 1. The lowest BCUT2D eigenvalue weighted by atomic mass is 10.0. The van der Waals surface area contributed by atoms with Crippen molar-refractivity contribution in [2.45, 2.75) is 19.0 Å². The van der Waals surface area contributed by atoms with Gasteiger partial charge in [0.1, 0.15) is 5.75 Å². The van der Waals surface area contributed by atoms with Gasteiger partial charge in [-0.05, 0) is 23.3 Å². The fourth-order valence-electron chi connectivity index (χ4n) is 2.16. The Morgan fingerprint density at radius 3 is 2.38 bits per heavy atom. The lowest BCUT2D eigenvalue weighted by molar-refractivity contribution is -0.137. The number of nitrogens with one attached hydrogen (secondary N) is 1. The Labute approximate surface area is 124 Å². The Balaban J connectivity index is 2.07. The van der Waals surface area contributed by atoms with Gasteiger partial charge >= 0.3 is 5.97 Å². The van der Waals surface area contributed by atoms with Crippen LogP contribution in [0.25, 0.3) is 0 Å². The molecule has 2 rings (SSSR count). The van der Waals surface area contributed by atoms with Gasteiger partial charge in [0.25, 0.3) is 0 Å². The van der Waals surface area contributed by atoms with Crippen LogP contribution in [0.5, 0.6) is 5.75 Å². The van der Waals surface area contributed by atoms with Crippen molar-refractivity contribution in [2.24, 2.45) is 0 Å². The molecule has 0 aliphatic carbocycles. The van der Waals surface area contributed by atoms with Crippen LogP contribution in [-0.4, -0.2) is 18.2 Å². The summed E-state index contributed by atoms with van der Waals surface area (Å²) >= 11 is 0. The lowest BCUT2D eigenvalue weighted by Crippen LogP contribution is -2.23. The fraction of sp³-hybridized carbons (Fsp3) is 0.235. The van der Waals surface area contributed by atoms with Crippen LogP contribution in [0.1, 0.15) is 23.6 Å². The molecule has 4 heteroatoms. The van der Waals surface area contributed by atoms with E-state index >= 15 is 0 Å². The molecule has 0 unspecified atom stereocenters. The molecule has 0 fully saturated rings. The molecule has 0 amide bonds. The molecule has 110 valence electrons. The molecule has 2 aromatic carbocycles. The molecule has 0 radical (unpaired) electrons. The Morgan fingerprint density at radius 2 is 1.81 bits per heavy atom. The second-order valence-corrected chi connectivity index (χ2v) is 4.79. The Bertz CT molecular complexity index is 566. The minimum Gasteiger partial charge on any atom is -0.497 e. The van der Waals surface area contributed by atoms with Crippen molar-refractivity contribution in [1.29, 1.82) is 0 Å². The van der Waals surface area contributed by atoms with Gasteiger partial charge < -0.3 is 15.2 Å². The molecule has 0 saturated carbocycles. The number of hydrogen-bond acceptors (Lipinski definition) is 3. The molecule has 0 heterocycles. The second-order valence-electron chi connectivity index (χ2n) is 4.79. The van der Waals surface area contributed by atoms with E-state index in [1.54, 1.807) is 7.11 Å². The summed E-state index contributed by atoms with van der Waals surface area (Å²) in [4.78, 5) is 11.1. The molecule has 1 atom stereocenters.